The molecule has 2 amide bonds. The van der Waals surface area contributed by atoms with Crippen LogP contribution < -0.4 is 11.1 Å². The molecule has 1 aliphatic carbocycles. The smallest absolute Gasteiger partial charge is 0.251 e. The van der Waals surface area contributed by atoms with E-state index in [9.17, 15) is 9.59 Å². The lowest BCUT2D eigenvalue weighted by molar-refractivity contribution is -0.113. The van der Waals surface area contributed by atoms with Gasteiger partial charge in [-0.15, -0.1) is 16.4 Å². The highest BCUT2D eigenvalue weighted by atomic mass is 35.5. The number of benzene rings is 1. The van der Waals surface area contributed by atoms with Gasteiger partial charge in [0.25, 0.3) is 5.91 Å². The predicted molar refractivity (Wildman–Crippen MR) is 126 cm³/mol. The zero-order valence-corrected chi connectivity index (χ0v) is 19.7. The number of rotatable bonds is 6. The summed E-state index contributed by atoms with van der Waals surface area (Å²) in [4.78, 5) is 25.6. The number of amides is 2. The largest absolute Gasteiger partial charge is 0.365 e. The Kier molecular flexibility index (Phi) is 6.59. The summed E-state index contributed by atoms with van der Waals surface area (Å²) in [6.07, 6.45) is 3.89. The van der Waals surface area contributed by atoms with Crippen molar-refractivity contribution < 1.29 is 9.59 Å². The topological polar surface area (TPSA) is 90.0 Å². The second-order valence-electron chi connectivity index (χ2n) is 6.64. The molecule has 3 aromatic rings. The SMILES string of the molecule is NC(=O)c1c(NC(=O)CSc2nn(-c3ccc(Cl)cc3)c(=S)s2)sc2c1CCCC2. The molecule has 0 saturated heterocycles. The Hall–Kier alpha value is -1.72. The van der Waals surface area contributed by atoms with E-state index in [2.05, 4.69) is 10.4 Å². The molecule has 0 bridgehead atoms. The average Bonchev–Trinajstić information content (AvgIpc) is 3.27. The highest BCUT2D eigenvalue weighted by molar-refractivity contribution is 8.01. The third kappa shape index (κ3) is 4.62. The van der Waals surface area contributed by atoms with E-state index >= 15 is 0 Å². The van der Waals surface area contributed by atoms with Gasteiger partial charge in [-0.2, -0.15) is 0 Å². The van der Waals surface area contributed by atoms with E-state index in [-0.39, 0.29) is 11.7 Å². The fraction of sp³-hybridized carbons (Fsp3) is 0.263. The molecule has 2 heterocycles. The van der Waals surface area contributed by atoms with Gasteiger partial charge in [0, 0.05) is 9.90 Å². The maximum Gasteiger partial charge on any atom is 0.251 e. The van der Waals surface area contributed by atoms with Crippen LogP contribution in [0.5, 0.6) is 0 Å². The first-order valence-electron chi connectivity index (χ1n) is 9.15. The van der Waals surface area contributed by atoms with Gasteiger partial charge < -0.3 is 11.1 Å². The monoisotopic (exact) mass is 496 g/mol. The van der Waals surface area contributed by atoms with E-state index in [0.29, 0.717) is 23.9 Å². The van der Waals surface area contributed by atoms with Crippen molar-refractivity contribution in [2.75, 3.05) is 11.1 Å². The van der Waals surface area contributed by atoms with Gasteiger partial charge in [-0.1, -0.05) is 34.7 Å². The number of halogens is 1. The van der Waals surface area contributed by atoms with Crippen molar-refractivity contribution in [3.8, 4) is 5.69 Å². The van der Waals surface area contributed by atoms with E-state index in [4.69, 9.17) is 29.6 Å². The number of hydrogen-bond acceptors (Lipinski definition) is 7. The molecule has 1 aromatic carbocycles. The second-order valence-corrected chi connectivity index (χ2v) is 11.0. The highest BCUT2D eigenvalue weighted by Crippen LogP contribution is 2.38. The number of carbonyl (C=O) groups excluding carboxylic acids is 2. The molecule has 1 aliphatic rings. The fourth-order valence-corrected chi connectivity index (χ4v) is 6.87. The first-order valence-corrected chi connectivity index (χ1v) is 12.6. The molecule has 0 spiro atoms. The zero-order valence-electron chi connectivity index (χ0n) is 15.6. The van der Waals surface area contributed by atoms with Crippen LogP contribution in [-0.4, -0.2) is 27.3 Å². The molecule has 156 valence electrons. The Balaban J connectivity index is 1.44. The number of hydrogen-bond donors (Lipinski definition) is 2. The average molecular weight is 497 g/mol. The van der Waals surface area contributed by atoms with Crippen LogP contribution in [0.1, 0.15) is 33.6 Å². The van der Waals surface area contributed by atoms with Crippen molar-refractivity contribution in [3.05, 3.63) is 49.2 Å². The van der Waals surface area contributed by atoms with Crippen molar-refractivity contribution in [1.82, 2.24) is 9.78 Å². The normalized spacial score (nSPS) is 13.1. The predicted octanol–water partition coefficient (Wildman–Crippen LogP) is 5.09. The number of primary amides is 1. The summed E-state index contributed by atoms with van der Waals surface area (Å²) in [7, 11) is 0. The van der Waals surface area contributed by atoms with Crippen LogP contribution in [0.25, 0.3) is 5.69 Å². The number of carbonyl (C=O) groups is 2. The lowest BCUT2D eigenvalue weighted by Gasteiger charge is -2.11. The molecule has 0 aliphatic heterocycles. The number of thiophene rings is 1. The summed E-state index contributed by atoms with van der Waals surface area (Å²) in [5.41, 5.74) is 7.87. The molecule has 6 nitrogen and oxygen atoms in total. The zero-order chi connectivity index (χ0) is 21.3. The Morgan fingerprint density at radius 2 is 1.97 bits per heavy atom. The summed E-state index contributed by atoms with van der Waals surface area (Å²) < 4.78 is 2.92. The minimum Gasteiger partial charge on any atom is -0.365 e. The van der Waals surface area contributed by atoms with Crippen LogP contribution in [0, 0.1) is 3.95 Å². The van der Waals surface area contributed by atoms with E-state index in [1.54, 1.807) is 16.8 Å². The quantitative estimate of drug-likeness (QED) is 0.366. The van der Waals surface area contributed by atoms with Gasteiger partial charge in [0.2, 0.25) is 5.91 Å². The Labute approximate surface area is 195 Å². The van der Waals surface area contributed by atoms with E-state index in [1.807, 2.05) is 12.1 Å². The highest BCUT2D eigenvalue weighted by Gasteiger charge is 2.25. The first-order chi connectivity index (χ1) is 14.4. The van der Waals surface area contributed by atoms with E-state index < -0.39 is 5.91 Å². The lowest BCUT2D eigenvalue weighted by atomic mass is 9.95. The van der Waals surface area contributed by atoms with Crippen LogP contribution in [0.4, 0.5) is 5.00 Å². The van der Waals surface area contributed by atoms with Gasteiger partial charge in [-0.3, -0.25) is 9.59 Å². The Morgan fingerprint density at radius 3 is 2.70 bits per heavy atom. The molecule has 0 saturated carbocycles. The maximum atomic E-state index is 12.5. The van der Waals surface area contributed by atoms with Crippen molar-refractivity contribution >= 4 is 75.1 Å². The van der Waals surface area contributed by atoms with E-state index in [0.717, 1.165) is 41.8 Å². The van der Waals surface area contributed by atoms with Gasteiger partial charge in [-0.25, -0.2) is 4.68 Å². The molecule has 0 fully saturated rings. The van der Waals surface area contributed by atoms with Crippen molar-refractivity contribution in [3.63, 3.8) is 0 Å². The molecule has 4 rings (SSSR count). The lowest BCUT2D eigenvalue weighted by Crippen LogP contribution is -2.19. The van der Waals surface area contributed by atoms with Crippen LogP contribution in [0.3, 0.4) is 0 Å². The molecule has 0 atom stereocenters. The van der Waals surface area contributed by atoms with Crippen LogP contribution in [0.2, 0.25) is 5.02 Å². The number of nitrogens with two attached hydrogens (primary N) is 1. The van der Waals surface area contributed by atoms with Gasteiger partial charge >= 0.3 is 0 Å². The number of anilines is 1. The molecule has 11 heteroatoms. The minimum absolute atomic E-state index is 0.156. The third-order valence-electron chi connectivity index (χ3n) is 4.60. The number of fused-ring (bicyclic) bond motifs is 1. The number of nitrogens with zero attached hydrogens (tertiary/aromatic N) is 2. The summed E-state index contributed by atoms with van der Waals surface area (Å²) >= 11 is 15.4. The molecular formula is C19H17ClN4O2S4. The Bertz CT molecular complexity index is 1170. The molecule has 30 heavy (non-hydrogen) atoms. The number of aryl methyl sites for hydroxylation is 1. The molecule has 2 aromatic heterocycles. The fourth-order valence-electron chi connectivity index (χ4n) is 3.27. The summed E-state index contributed by atoms with van der Waals surface area (Å²) in [6, 6.07) is 7.22. The van der Waals surface area contributed by atoms with Crippen LogP contribution in [-0.2, 0) is 17.6 Å². The van der Waals surface area contributed by atoms with Crippen LogP contribution in [0.15, 0.2) is 28.6 Å². The van der Waals surface area contributed by atoms with Gasteiger partial charge in [0.15, 0.2) is 8.29 Å². The molecule has 0 unspecified atom stereocenters. The molecule has 0 radical (unpaired) electrons. The van der Waals surface area contributed by atoms with Crippen molar-refractivity contribution in [2.45, 2.75) is 30.0 Å². The second kappa shape index (κ2) is 9.19. The molecule has 3 N–H and O–H groups in total. The number of nitrogens with one attached hydrogen (secondary N) is 1. The van der Waals surface area contributed by atoms with Crippen molar-refractivity contribution in [1.29, 1.82) is 0 Å². The maximum absolute atomic E-state index is 12.5. The standard InChI is InChI=1S/C19H17ClN4O2S4/c20-10-5-7-11(8-6-10)24-19(27)30-18(23-24)28-9-14(25)22-17-15(16(21)26)12-3-1-2-4-13(12)29-17/h5-8H,1-4,9H2,(H2,21,26)(H,22,25). The van der Waals surface area contributed by atoms with Gasteiger partial charge in [0.05, 0.1) is 17.0 Å². The summed E-state index contributed by atoms with van der Waals surface area (Å²) in [6.45, 7) is 0. The van der Waals surface area contributed by atoms with E-state index in [1.165, 1.54) is 34.4 Å². The van der Waals surface area contributed by atoms with Crippen LogP contribution >= 0.6 is 58.3 Å². The number of thioether (sulfide) groups is 1. The van der Waals surface area contributed by atoms with Gasteiger partial charge in [0.1, 0.15) is 5.00 Å². The summed E-state index contributed by atoms with van der Waals surface area (Å²) in [5, 5.41) is 8.54. The van der Waals surface area contributed by atoms with Crippen molar-refractivity contribution in [2.24, 2.45) is 5.73 Å². The Morgan fingerprint density at radius 1 is 1.23 bits per heavy atom. The summed E-state index contributed by atoms with van der Waals surface area (Å²) in [5.74, 6) is -0.541. The third-order valence-corrected chi connectivity index (χ3v) is 8.42. The number of aromatic nitrogens is 2. The first kappa shape index (κ1) is 21.5. The molecular weight excluding hydrogens is 480 g/mol. The van der Waals surface area contributed by atoms with Gasteiger partial charge in [-0.05, 0) is 67.7 Å². The minimum atomic E-state index is -0.489.